The largest absolute Gasteiger partial charge is 0.494 e. The highest BCUT2D eigenvalue weighted by Gasteiger charge is 2.32. The highest BCUT2D eigenvalue weighted by atomic mass is 32.2. The predicted octanol–water partition coefficient (Wildman–Crippen LogP) is 0.629. The summed E-state index contributed by atoms with van der Waals surface area (Å²) in [4.78, 5) is 39.3. The predicted molar refractivity (Wildman–Crippen MR) is 134 cm³/mol. The molecule has 1 aromatic heterocycles. The molecular weight excluding hydrogens is 506 g/mol. The second kappa shape index (κ2) is 10.7. The van der Waals surface area contributed by atoms with Crippen molar-refractivity contribution in [2.75, 3.05) is 31.6 Å². The van der Waals surface area contributed by atoms with E-state index in [4.69, 9.17) is 0 Å². The Labute approximate surface area is 210 Å². The summed E-state index contributed by atoms with van der Waals surface area (Å²) in [5.41, 5.74) is 0.846. The average molecular weight is 530 g/mol. The highest BCUT2D eigenvalue weighted by molar-refractivity contribution is 7.89. The third-order valence-corrected chi connectivity index (χ3v) is 7.65. The fourth-order valence-electron chi connectivity index (χ4n) is 3.81. The van der Waals surface area contributed by atoms with Crippen molar-refractivity contribution in [2.45, 2.75) is 11.4 Å². The lowest BCUT2D eigenvalue weighted by Gasteiger charge is -2.34. The zero-order chi connectivity index (χ0) is 26.6. The van der Waals surface area contributed by atoms with E-state index in [-0.39, 0.29) is 29.2 Å². The second-order valence-corrected chi connectivity index (χ2v) is 10.1. The number of aromatic amines is 2. The molecule has 2 heterocycles. The molecule has 4 N–H and O–H groups in total. The van der Waals surface area contributed by atoms with Gasteiger partial charge in [-0.1, -0.05) is 30.3 Å². The zero-order valence-electron chi connectivity index (χ0n) is 19.3. The number of benzene rings is 2. The summed E-state index contributed by atoms with van der Waals surface area (Å²) in [6.07, 6.45) is 0.879. The number of nitro benzene ring substituents is 1. The van der Waals surface area contributed by atoms with Crippen LogP contribution >= 0.6 is 0 Å². The van der Waals surface area contributed by atoms with Gasteiger partial charge in [0.1, 0.15) is 10.5 Å². The van der Waals surface area contributed by atoms with E-state index < -0.39 is 37.8 Å². The van der Waals surface area contributed by atoms with E-state index >= 15 is 0 Å². The van der Waals surface area contributed by atoms with Gasteiger partial charge in [-0.25, -0.2) is 13.2 Å². The van der Waals surface area contributed by atoms with Crippen molar-refractivity contribution in [1.82, 2.24) is 19.2 Å². The first kappa shape index (κ1) is 25.7. The lowest BCUT2D eigenvalue weighted by molar-refractivity contribution is -0.385. The van der Waals surface area contributed by atoms with Gasteiger partial charge in [0.2, 0.25) is 15.9 Å². The topological polar surface area (TPSA) is 194 Å². The SMILES string of the molecule is O=c1[nH]c(O)c(C=NNc2ccc([N+](=O)[O-])cc2S(=O)(=O)N2CCN(Cc3ccccc3)CC2)c(=O)[nH]1. The zero-order valence-corrected chi connectivity index (χ0v) is 20.1. The van der Waals surface area contributed by atoms with E-state index in [1.165, 1.54) is 10.4 Å². The standard InChI is InChI=1S/C22H23N7O7S/c30-20-17(21(31)25-22(32)24-20)13-23-26-18-7-6-16(29(33)34)12-19(18)37(35,36)28-10-8-27(9-11-28)14-15-4-2-1-3-5-15/h1-7,12-13,26H,8-11,14H2,(H3,24,25,30,31,32). The van der Waals surface area contributed by atoms with Crippen molar-refractivity contribution < 1.29 is 18.4 Å². The van der Waals surface area contributed by atoms with Crippen LogP contribution in [-0.2, 0) is 16.6 Å². The van der Waals surface area contributed by atoms with Crippen LogP contribution in [0.15, 0.2) is 68.1 Å². The second-order valence-electron chi connectivity index (χ2n) is 8.14. The molecule has 0 saturated carbocycles. The Hall–Kier alpha value is -4.34. The maximum Gasteiger partial charge on any atom is 0.328 e. The molecule has 0 amide bonds. The molecule has 3 aromatic rings. The number of sulfonamides is 1. The summed E-state index contributed by atoms with van der Waals surface area (Å²) in [5.74, 6) is -0.732. The molecule has 4 rings (SSSR count). The van der Waals surface area contributed by atoms with E-state index in [9.17, 15) is 33.2 Å². The molecule has 1 fully saturated rings. The van der Waals surface area contributed by atoms with Gasteiger partial charge in [0.05, 0.1) is 16.8 Å². The van der Waals surface area contributed by atoms with Crippen molar-refractivity contribution in [3.05, 3.63) is 90.6 Å². The third kappa shape index (κ3) is 5.91. The molecule has 1 aliphatic rings. The average Bonchev–Trinajstić information content (AvgIpc) is 2.86. The van der Waals surface area contributed by atoms with E-state index in [1.54, 1.807) is 0 Å². The number of nitrogens with one attached hydrogen (secondary N) is 3. The maximum atomic E-state index is 13.5. The molecule has 0 bridgehead atoms. The van der Waals surface area contributed by atoms with Gasteiger partial charge in [-0.2, -0.15) is 9.41 Å². The van der Waals surface area contributed by atoms with Gasteiger partial charge < -0.3 is 5.11 Å². The van der Waals surface area contributed by atoms with Gasteiger partial charge in [-0.15, -0.1) is 0 Å². The first-order valence-corrected chi connectivity index (χ1v) is 12.5. The van der Waals surface area contributed by atoms with Crippen LogP contribution in [0.3, 0.4) is 0 Å². The number of hydrazone groups is 1. The quantitative estimate of drug-likeness (QED) is 0.184. The summed E-state index contributed by atoms with van der Waals surface area (Å²) >= 11 is 0. The van der Waals surface area contributed by atoms with Gasteiger partial charge in [-0.05, 0) is 11.6 Å². The molecule has 194 valence electrons. The van der Waals surface area contributed by atoms with E-state index in [2.05, 4.69) is 15.4 Å². The van der Waals surface area contributed by atoms with Crippen molar-refractivity contribution in [1.29, 1.82) is 0 Å². The number of hydrogen-bond acceptors (Lipinski definition) is 10. The molecule has 37 heavy (non-hydrogen) atoms. The molecule has 0 radical (unpaired) electrons. The number of aromatic hydroxyl groups is 1. The number of nitro groups is 1. The third-order valence-electron chi connectivity index (χ3n) is 5.71. The number of nitrogens with zero attached hydrogens (tertiary/aromatic N) is 4. The summed E-state index contributed by atoms with van der Waals surface area (Å²) in [5, 5.41) is 24.9. The van der Waals surface area contributed by atoms with Crippen molar-refractivity contribution >= 4 is 27.6 Å². The Morgan fingerprint density at radius 1 is 1.08 bits per heavy atom. The Bertz CT molecular complexity index is 1540. The fraction of sp³-hybridized carbons (Fsp3) is 0.227. The van der Waals surface area contributed by atoms with Crippen molar-refractivity contribution in [3.8, 4) is 5.88 Å². The van der Waals surface area contributed by atoms with Crippen molar-refractivity contribution in [3.63, 3.8) is 0 Å². The highest BCUT2D eigenvalue weighted by Crippen LogP contribution is 2.30. The number of piperazine rings is 1. The fourth-order valence-corrected chi connectivity index (χ4v) is 5.39. The smallest absolute Gasteiger partial charge is 0.328 e. The van der Waals surface area contributed by atoms with Crippen LogP contribution in [0.4, 0.5) is 11.4 Å². The maximum absolute atomic E-state index is 13.5. The number of H-pyrrole nitrogens is 2. The monoisotopic (exact) mass is 529 g/mol. The van der Waals surface area contributed by atoms with Gasteiger partial charge in [-0.3, -0.25) is 35.2 Å². The van der Waals surface area contributed by atoms with Gasteiger partial charge in [0.25, 0.3) is 11.2 Å². The van der Waals surface area contributed by atoms with Crippen molar-refractivity contribution in [2.24, 2.45) is 5.10 Å². The number of aromatic nitrogens is 2. The summed E-state index contributed by atoms with van der Waals surface area (Å²) in [6.45, 7) is 1.97. The molecule has 15 heteroatoms. The Morgan fingerprint density at radius 3 is 2.43 bits per heavy atom. The van der Waals surface area contributed by atoms with Crippen LogP contribution in [0.5, 0.6) is 5.88 Å². The van der Waals surface area contributed by atoms with Gasteiger partial charge in [0.15, 0.2) is 0 Å². The Morgan fingerprint density at radius 2 is 1.78 bits per heavy atom. The Kier molecular flexibility index (Phi) is 7.47. The number of rotatable bonds is 8. The minimum atomic E-state index is -4.16. The summed E-state index contributed by atoms with van der Waals surface area (Å²) < 4.78 is 28.2. The first-order valence-electron chi connectivity index (χ1n) is 11.0. The lowest BCUT2D eigenvalue weighted by atomic mass is 10.2. The molecule has 0 unspecified atom stereocenters. The molecule has 0 spiro atoms. The van der Waals surface area contributed by atoms with Crippen LogP contribution in [0.25, 0.3) is 0 Å². The van der Waals surface area contributed by atoms with Crippen LogP contribution in [0.1, 0.15) is 11.1 Å². The van der Waals surface area contributed by atoms with Gasteiger partial charge >= 0.3 is 5.69 Å². The lowest BCUT2D eigenvalue weighted by Crippen LogP contribution is -2.48. The molecular formula is C22H23N7O7S. The molecule has 14 nitrogen and oxygen atoms in total. The molecule has 1 saturated heterocycles. The molecule has 0 aliphatic carbocycles. The molecule has 0 atom stereocenters. The van der Waals surface area contributed by atoms with E-state index in [0.717, 1.165) is 23.9 Å². The minimum Gasteiger partial charge on any atom is -0.494 e. The number of hydrogen-bond donors (Lipinski definition) is 4. The minimum absolute atomic E-state index is 0.0751. The van der Waals surface area contributed by atoms with Crippen LogP contribution < -0.4 is 16.7 Å². The first-order chi connectivity index (χ1) is 17.6. The van der Waals surface area contributed by atoms with E-state index in [1.807, 2.05) is 40.3 Å². The summed E-state index contributed by atoms with van der Waals surface area (Å²) in [7, 11) is -4.16. The molecule has 2 aromatic carbocycles. The summed E-state index contributed by atoms with van der Waals surface area (Å²) in [6, 6.07) is 13.0. The van der Waals surface area contributed by atoms with E-state index in [0.29, 0.717) is 19.6 Å². The number of non-ortho nitro benzene ring substituents is 1. The normalized spacial score (nSPS) is 15.1. The van der Waals surface area contributed by atoms with Crippen LogP contribution in [0.2, 0.25) is 0 Å². The van der Waals surface area contributed by atoms with Gasteiger partial charge in [0, 0.05) is 44.9 Å². The van der Waals surface area contributed by atoms with Crippen LogP contribution in [0, 0.1) is 10.1 Å². The number of anilines is 1. The Balaban J connectivity index is 1.56. The molecule has 1 aliphatic heterocycles. The van der Waals surface area contributed by atoms with Crippen LogP contribution in [-0.4, -0.2) is 70.0 Å².